The Hall–Kier alpha value is 0. The van der Waals surface area contributed by atoms with Crippen LogP contribution in [0.4, 0.5) is 0 Å². The molecule has 0 fully saturated rings. The van der Waals surface area contributed by atoms with E-state index in [4.69, 9.17) is 0 Å². The molecule has 0 aromatic carbocycles. The van der Waals surface area contributed by atoms with Gasteiger partial charge in [0.15, 0.2) is 0 Å². The number of hydrogen-bond acceptors (Lipinski definition) is 0. The fourth-order valence-electron chi connectivity index (χ4n) is 4.05. The molecule has 0 N–H and O–H groups in total. The van der Waals surface area contributed by atoms with E-state index in [-0.39, 0.29) is 0 Å². The van der Waals surface area contributed by atoms with Crippen molar-refractivity contribution in [2.24, 2.45) is 29.6 Å². The van der Waals surface area contributed by atoms with Crippen LogP contribution in [-0.2, 0) is 0 Å². The van der Waals surface area contributed by atoms with Crippen LogP contribution in [0.2, 0.25) is 0 Å². The first-order valence-electron chi connectivity index (χ1n) is 10.5. The summed E-state index contributed by atoms with van der Waals surface area (Å²) in [6.07, 6.45) is 14.2. The molecule has 0 heteroatoms. The first-order chi connectivity index (χ1) is 10.5. The second kappa shape index (κ2) is 13.4. The van der Waals surface area contributed by atoms with E-state index in [0.717, 1.165) is 29.6 Å². The zero-order chi connectivity index (χ0) is 17.0. The Labute approximate surface area is 142 Å². The maximum absolute atomic E-state index is 2.53. The van der Waals surface area contributed by atoms with Gasteiger partial charge in [-0.1, -0.05) is 99.8 Å². The van der Waals surface area contributed by atoms with E-state index in [9.17, 15) is 0 Å². The van der Waals surface area contributed by atoms with Crippen LogP contribution in [0, 0.1) is 29.6 Å². The normalized spacial score (nSPS) is 17.5. The molecule has 0 aliphatic heterocycles. The van der Waals surface area contributed by atoms with Crippen molar-refractivity contribution in [2.75, 3.05) is 0 Å². The Morgan fingerprint density at radius 2 is 1.27 bits per heavy atom. The first-order valence-corrected chi connectivity index (χ1v) is 10.5. The molecule has 0 saturated carbocycles. The van der Waals surface area contributed by atoms with Gasteiger partial charge in [0.1, 0.15) is 0 Å². The number of unbranched alkanes of at least 4 members (excludes halogenated alkanes) is 3. The number of hydrogen-bond donors (Lipinski definition) is 0. The van der Waals surface area contributed by atoms with Crippen molar-refractivity contribution >= 4 is 0 Å². The smallest absolute Gasteiger partial charge is 0.0386 e. The SMILES string of the molecule is CCCCCC(C)CC(CC(C)C(CC)CCCC)C(C)C. The van der Waals surface area contributed by atoms with Crippen LogP contribution in [0.3, 0.4) is 0 Å². The first kappa shape index (κ1) is 22.0. The average Bonchev–Trinajstić information content (AvgIpc) is 2.47. The van der Waals surface area contributed by atoms with Gasteiger partial charge in [0.2, 0.25) is 0 Å². The minimum Gasteiger partial charge on any atom is -0.0654 e. The summed E-state index contributed by atoms with van der Waals surface area (Å²) in [7, 11) is 0. The zero-order valence-corrected chi connectivity index (χ0v) is 17.0. The van der Waals surface area contributed by atoms with Gasteiger partial charge in [-0.2, -0.15) is 0 Å². The zero-order valence-electron chi connectivity index (χ0n) is 17.0. The Morgan fingerprint density at radius 3 is 1.77 bits per heavy atom. The quantitative estimate of drug-likeness (QED) is 0.284. The lowest BCUT2D eigenvalue weighted by molar-refractivity contribution is 0.200. The summed E-state index contributed by atoms with van der Waals surface area (Å²) < 4.78 is 0. The second-order valence-corrected chi connectivity index (χ2v) is 8.36. The van der Waals surface area contributed by atoms with Crippen molar-refractivity contribution < 1.29 is 0 Å². The van der Waals surface area contributed by atoms with E-state index in [1.807, 2.05) is 0 Å². The molecule has 0 spiro atoms. The molecule has 0 aliphatic carbocycles. The third-order valence-electron chi connectivity index (χ3n) is 5.88. The lowest BCUT2D eigenvalue weighted by Gasteiger charge is -2.31. The van der Waals surface area contributed by atoms with Crippen molar-refractivity contribution in [3.63, 3.8) is 0 Å². The van der Waals surface area contributed by atoms with Gasteiger partial charge in [0.05, 0.1) is 0 Å². The molecule has 0 rings (SSSR count). The van der Waals surface area contributed by atoms with Gasteiger partial charge >= 0.3 is 0 Å². The summed E-state index contributed by atoms with van der Waals surface area (Å²) in [6.45, 7) is 16.9. The fourth-order valence-corrected chi connectivity index (χ4v) is 4.05. The highest BCUT2D eigenvalue weighted by Crippen LogP contribution is 2.34. The summed E-state index contributed by atoms with van der Waals surface area (Å²) in [5.41, 5.74) is 0. The molecule has 0 aromatic rings. The molecule has 4 unspecified atom stereocenters. The van der Waals surface area contributed by atoms with Crippen LogP contribution in [0.5, 0.6) is 0 Å². The molecule has 0 bridgehead atoms. The monoisotopic (exact) mass is 310 g/mol. The second-order valence-electron chi connectivity index (χ2n) is 8.36. The lowest BCUT2D eigenvalue weighted by atomic mass is 9.75. The lowest BCUT2D eigenvalue weighted by Crippen LogP contribution is -2.20. The fraction of sp³-hybridized carbons (Fsp3) is 1.00. The van der Waals surface area contributed by atoms with Crippen LogP contribution in [0.25, 0.3) is 0 Å². The van der Waals surface area contributed by atoms with Gasteiger partial charge < -0.3 is 0 Å². The van der Waals surface area contributed by atoms with Crippen LogP contribution in [-0.4, -0.2) is 0 Å². The average molecular weight is 311 g/mol. The summed E-state index contributed by atoms with van der Waals surface area (Å²) in [5.74, 6) is 4.56. The summed E-state index contributed by atoms with van der Waals surface area (Å²) >= 11 is 0. The molecule has 0 heterocycles. The molecule has 0 aromatic heterocycles. The van der Waals surface area contributed by atoms with Crippen LogP contribution in [0.15, 0.2) is 0 Å². The molecule has 134 valence electrons. The van der Waals surface area contributed by atoms with E-state index in [1.165, 1.54) is 64.2 Å². The maximum Gasteiger partial charge on any atom is -0.0386 e. The van der Waals surface area contributed by atoms with Gasteiger partial charge in [0.25, 0.3) is 0 Å². The van der Waals surface area contributed by atoms with Gasteiger partial charge in [-0.25, -0.2) is 0 Å². The standard InChI is InChI=1S/C22H46/c1-8-11-13-14-19(6)16-22(18(4)5)17-20(7)21(10-3)15-12-9-2/h18-22H,8-17H2,1-7H3. The minimum absolute atomic E-state index is 0.847. The molecule has 0 amide bonds. The van der Waals surface area contributed by atoms with Crippen molar-refractivity contribution in [3.05, 3.63) is 0 Å². The number of rotatable bonds is 14. The molecule has 4 atom stereocenters. The van der Waals surface area contributed by atoms with E-state index in [2.05, 4.69) is 48.5 Å². The van der Waals surface area contributed by atoms with Crippen molar-refractivity contribution in [1.29, 1.82) is 0 Å². The highest BCUT2D eigenvalue weighted by Gasteiger charge is 2.23. The molecule has 0 nitrogen and oxygen atoms in total. The van der Waals surface area contributed by atoms with E-state index in [1.54, 1.807) is 0 Å². The summed E-state index contributed by atoms with van der Waals surface area (Å²) in [5, 5.41) is 0. The topological polar surface area (TPSA) is 0 Å². The Kier molecular flexibility index (Phi) is 13.4. The van der Waals surface area contributed by atoms with E-state index in [0.29, 0.717) is 0 Å². The van der Waals surface area contributed by atoms with Gasteiger partial charge in [-0.15, -0.1) is 0 Å². The van der Waals surface area contributed by atoms with Crippen LogP contribution in [0.1, 0.15) is 113 Å². The third-order valence-corrected chi connectivity index (χ3v) is 5.88. The van der Waals surface area contributed by atoms with Crippen molar-refractivity contribution in [2.45, 2.75) is 113 Å². The van der Waals surface area contributed by atoms with E-state index >= 15 is 0 Å². The van der Waals surface area contributed by atoms with Crippen molar-refractivity contribution in [3.8, 4) is 0 Å². The van der Waals surface area contributed by atoms with Crippen molar-refractivity contribution in [1.82, 2.24) is 0 Å². The molecular formula is C22H46. The Morgan fingerprint density at radius 1 is 0.636 bits per heavy atom. The predicted octanol–water partition coefficient (Wildman–Crippen LogP) is 8.11. The highest BCUT2D eigenvalue weighted by molar-refractivity contribution is 4.74. The predicted molar refractivity (Wildman–Crippen MR) is 103 cm³/mol. The molecule has 0 aliphatic rings. The van der Waals surface area contributed by atoms with Gasteiger partial charge in [-0.3, -0.25) is 0 Å². The summed E-state index contributed by atoms with van der Waals surface area (Å²) in [6, 6.07) is 0. The van der Waals surface area contributed by atoms with Gasteiger partial charge in [0, 0.05) is 0 Å². The molecule has 0 saturated heterocycles. The maximum atomic E-state index is 2.53. The van der Waals surface area contributed by atoms with Crippen LogP contribution >= 0.6 is 0 Å². The molecule has 0 radical (unpaired) electrons. The highest BCUT2D eigenvalue weighted by atomic mass is 14.3. The van der Waals surface area contributed by atoms with Gasteiger partial charge in [-0.05, 0) is 42.4 Å². The summed E-state index contributed by atoms with van der Waals surface area (Å²) in [4.78, 5) is 0. The minimum atomic E-state index is 0.847. The van der Waals surface area contributed by atoms with Crippen LogP contribution < -0.4 is 0 Å². The third kappa shape index (κ3) is 9.90. The molecule has 22 heavy (non-hydrogen) atoms. The largest absolute Gasteiger partial charge is 0.0654 e. The Bertz CT molecular complexity index is 230. The molecular weight excluding hydrogens is 264 g/mol. The Balaban J connectivity index is 4.36. The van der Waals surface area contributed by atoms with E-state index < -0.39 is 0 Å².